The number of amides is 1. The van der Waals surface area contributed by atoms with E-state index in [9.17, 15) is 19.2 Å². The third kappa shape index (κ3) is 53.1. The van der Waals surface area contributed by atoms with Gasteiger partial charge in [-0.1, -0.05) is 56.2 Å². The summed E-state index contributed by atoms with van der Waals surface area (Å²) in [6.45, 7) is 16.6. The van der Waals surface area contributed by atoms with Crippen LogP contribution < -0.4 is 0 Å². The van der Waals surface area contributed by atoms with Crippen LogP contribution in [0.2, 0.25) is 0 Å². The van der Waals surface area contributed by atoms with Crippen LogP contribution in [0.25, 0.3) is 0 Å². The van der Waals surface area contributed by atoms with Gasteiger partial charge in [0.05, 0.1) is 19.3 Å². The van der Waals surface area contributed by atoms with Crippen molar-refractivity contribution >= 4 is 23.4 Å². The Hall–Kier alpha value is -2.66. The lowest BCUT2D eigenvalue weighted by molar-refractivity contribution is -0.140. The number of hydrogen-bond acceptors (Lipinski definition) is 9. The molecule has 1 aromatic carbocycles. The van der Waals surface area contributed by atoms with Crippen molar-refractivity contribution in [3.05, 3.63) is 35.9 Å². The first kappa shape index (κ1) is 51.2. The average molecular weight is 672 g/mol. The molecule has 276 valence electrons. The molecular formula is C37H69NO9. The van der Waals surface area contributed by atoms with Crippen molar-refractivity contribution in [3.8, 4) is 0 Å². The second kappa shape index (κ2) is 41.4. The molecule has 2 aliphatic heterocycles. The molecule has 1 aliphatic carbocycles. The van der Waals surface area contributed by atoms with Crippen LogP contribution in [-0.2, 0) is 33.4 Å². The van der Waals surface area contributed by atoms with Crippen molar-refractivity contribution in [1.29, 1.82) is 0 Å². The van der Waals surface area contributed by atoms with Gasteiger partial charge in [0.1, 0.15) is 11.6 Å². The number of unbranched alkanes of at least 4 members (excludes halogenated alkanes) is 1. The minimum absolute atomic E-state index is 0.211. The molecule has 10 heteroatoms. The van der Waals surface area contributed by atoms with Crippen LogP contribution in [0, 0.1) is 6.92 Å². The molecule has 0 radical (unpaired) electrons. The van der Waals surface area contributed by atoms with Crippen LogP contribution in [0.1, 0.15) is 118 Å². The van der Waals surface area contributed by atoms with E-state index in [0.29, 0.717) is 37.9 Å². The van der Waals surface area contributed by atoms with Gasteiger partial charge in [0.2, 0.25) is 5.91 Å². The molecule has 10 nitrogen and oxygen atoms in total. The number of ether oxygens (including phenoxy) is 3. The zero-order valence-electron chi connectivity index (χ0n) is 31.2. The topological polar surface area (TPSA) is 140 Å². The average Bonchev–Trinajstić information content (AvgIpc) is 3.83. The van der Waals surface area contributed by atoms with Crippen molar-refractivity contribution in [1.82, 2.24) is 4.90 Å². The van der Waals surface area contributed by atoms with Gasteiger partial charge in [-0.05, 0) is 66.2 Å². The van der Waals surface area contributed by atoms with E-state index in [1.54, 1.807) is 32.8 Å². The predicted octanol–water partition coefficient (Wildman–Crippen LogP) is 6.51. The number of rotatable bonds is 6. The first-order valence-electron chi connectivity index (χ1n) is 17.1. The highest BCUT2D eigenvalue weighted by Gasteiger charge is 2.14. The normalized spacial score (nSPS) is 14.4. The number of likely N-dealkylation sites (tertiary alicyclic amines) is 1. The summed E-state index contributed by atoms with van der Waals surface area (Å²) in [6.07, 6.45) is 10.7. The number of benzene rings is 1. The Morgan fingerprint density at radius 2 is 1.47 bits per heavy atom. The van der Waals surface area contributed by atoms with Crippen LogP contribution in [-0.4, -0.2) is 98.4 Å². The maximum absolute atomic E-state index is 10.5. The molecule has 3 fully saturated rings. The van der Waals surface area contributed by atoms with Crippen molar-refractivity contribution < 1.29 is 43.6 Å². The van der Waals surface area contributed by atoms with Gasteiger partial charge in [-0.3, -0.25) is 14.4 Å². The first-order valence-corrected chi connectivity index (χ1v) is 17.1. The summed E-state index contributed by atoms with van der Waals surface area (Å²) in [7, 11) is 3.40. The Bertz CT molecular complexity index is 811. The van der Waals surface area contributed by atoms with Crippen molar-refractivity contribution in [2.24, 2.45) is 0 Å². The molecular weight excluding hydrogens is 602 g/mol. The molecule has 2 saturated heterocycles. The zero-order valence-corrected chi connectivity index (χ0v) is 31.2. The molecule has 0 spiro atoms. The van der Waals surface area contributed by atoms with Crippen LogP contribution in [0.5, 0.6) is 0 Å². The van der Waals surface area contributed by atoms with Gasteiger partial charge in [0.25, 0.3) is 0 Å². The lowest BCUT2D eigenvalue weighted by atomic mass is 10.2. The summed E-state index contributed by atoms with van der Waals surface area (Å²) in [5.74, 6) is 0.789. The highest BCUT2D eigenvalue weighted by molar-refractivity contribution is 5.80. The minimum Gasteiger partial charge on any atom is -0.466 e. The van der Waals surface area contributed by atoms with Crippen LogP contribution in [0.3, 0.4) is 0 Å². The lowest BCUT2D eigenvalue weighted by Gasteiger charge is -2.03. The van der Waals surface area contributed by atoms with Gasteiger partial charge in [0.15, 0.2) is 0 Å². The second-order valence-electron chi connectivity index (χ2n) is 11.0. The molecule has 0 bridgehead atoms. The summed E-state index contributed by atoms with van der Waals surface area (Å²) >= 11 is 0. The predicted molar refractivity (Wildman–Crippen MR) is 190 cm³/mol. The highest BCUT2D eigenvalue weighted by atomic mass is 16.5. The molecule has 0 aromatic heterocycles. The van der Waals surface area contributed by atoms with Gasteiger partial charge in [0, 0.05) is 73.1 Å². The molecule has 2 N–H and O–H groups in total. The number of aliphatic hydroxyl groups excluding tert-OH is 2. The fraction of sp³-hybridized carbons (Fsp3) is 0.730. The third-order valence-corrected chi connectivity index (χ3v) is 6.00. The van der Waals surface area contributed by atoms with E-state index in [4.69, 9.17) is 14.9 Å². The number of esters is 1. The standard InChI is InChI=1S/C7H8.C5H9NO.C5H8O.C4H10O2.C4H8O2.2C4H8O.C4H10O/c1-7-5-3-2-4-6-7;1-6-4-2-3-5(6)7;6-5-3-1-2-4-5;1-4(5)3-6-2;1-3-6-4(2)5;1-2-4-5-3-1;1-3-4(2)5;1-2-3-4-5/h2-6H,1H3;2-4H2,1H3;1-4H2;4-5H,3H2,1-2H3;3H2,1-2H3;1-4H2;3H2,1-2H3;5H,2-4H2,1H3. The van der Waals surface area contributed by atoms with Gasteiger partial charge < -0.3 is 34.1 Å². The molecule has 1 amide bonds. The maximum Gasteiger partial charge on any atom is 0.302 e. The molecule has 3 aliphatic rings. The summed E-state index contributed by atoms with van der Waals surface area (Å²) in [6, 6.07) is 10.3. The van der Waals surface area contributed by atoms with Gasteiger partial charge in [-0.2, -0.15) is 0 Å². The zero-order chi connectivity index (χ0) is 36.7. The Morgan fingerprint density at radius 3 is 1.57 bits per heavy atom. The van der Waals surface area contributed by atoms with E-state index >= 15 is 0 Å². The molecule has 1 atom stereocenters. The largest absolute Gasteiger partial charge is 0.466 e. The van der Waals surface area contributed by atoms with E-state index < -0.39 is 0 Å². The van der Waals surface area contributed by atoms with E-state index in [1.807, 2.05) is 32.2 Å². The van der Waals surface area contributed by atoms with E-state index in [1.165, 1.54) is 25.3 Å². The smallest absolute Gasteiger partial charge is 0.302 e. The van der Waals surface area contributed by atoms with Gasteiger partial charge in [-0.25, -0.2) is 0 Å². The van der Waals surface area contributed by atoms with Crippen molar-refractivity contribution in [2.45, 2.75) is 125 Å². The maximum atomic E-state index is 10.5. The number of Topliss-reactive ketones (excluding diaryl/α,β-unsaturated/α-hetero) is 2. The quantitative estimate of drug-likeness (QED) is 0.324. The third-order valence-electron chi connectivity index (χ3n) is 6.00. The lowest BCUT2D eigenvalue weighted by Crippen LogP contribution is -2.17. The summed E-state index contributed by atoms with van der Waals surface area (Å²) in [5, 5.41) is 16.5. The fourth-order valence-corrected chi connectivity index (χ4v) is 3.20. The summed E-state index contributed by atoms with van der Waals surface area (Å²) in [5.41, 5.74) is 1.32. The van der Waals surface area contributed by atoms with E-state index in [2.05, 4.69) is 35.5 Å². The monoisotopic (exact) mass is 671 g/mol. The minimum atomic E-state index is -0.324. The van der Waals surface area contributed by atoms with Gasteiger partial charge in [-0.15, -0.1) is 0 Å². The van der Waals surface area contributed by atoms with E-state index in [0.717, 1.165) is 71.1 Å². The second-order valence-corrected chi connectivity index (χ2v) is 11.0. The van der Waals surface area contributed by atoms with Gasteiger partial charge >= 0.3 is 5.97 Å². The number of nitrogens with zero attached hydrogens (tertiary/aromatic N) is 1. The fourth-order valence-electron chi connectivity index (χ4n) is 3.20. The van der Waals surface area contributed by atoms with Crippen molar-refractivity contribution in [3.63, 3.8) is 0 Å². The van der Waals surface area contributed by atoms with Crippen molar-refractivity contribution in [2.75, 3.05) is 53.7 Å². The number of methoxy groups -OCH3 is 1. The summed E-state index contributed by atoms with van der Waals surface area (Å²) in [4.78, 5) is 42.1. The number of carbonyl (C=O) groups is 4. The number of aliphatic hydroxyl groups is 2. The highest BCUT2D eigenvalue weighted by Crippen LogP contribution is 2.11. The van der Waals surface area contributed by atoms with Crippen LogP contribution in [0.15, 0.2) is 30.3 Å². The Labute approximate surface area is 286 Å². The van der Waals surface area contributed by atoms with Crippen LogP contribution >= 0.6 is 0 Å². The Morgan fingerprint density at radius 1 is 0.936 bits per heavy atom. The molecule has 1 saturated carbocycles. The molecule has 4 rings (SSSR count). The van der Waals surface area contributed by atoms with Crippen LogP contribution in [0.4, 0.5) is 0 Å². The van der Waals surface area contributed by atoms with E-state index in [-0.39, 0.29) is 17.9 Å². The number of hydrogen-bond donors (Lipinski definition) is 2. The SMILES string of the molecule is C1CCOC1.CCC(C)=O.CCCCO.CCOC(C)=O.CN1CCCC1=O.COCC(C)O.Cc1ccccc1.O=C1CCCC1. The molecule has 1 unspecified atom stereocenters. The summed E-state index contributed by atoms with van der Waals surface area (Å²) < 4.78 is 13.9. The Balaban J connectivity index is -0.000000226. The molecule has 47 heavy (non-hydrogen) atoms. The first-order chi connectivity index (χ1) is 22.3. The number of carbonyl (C=O) groups excluding carboxylic acids is 4. The number of aryl methyl sites for hydroxylation is 1. The number of ketones is 2. The molecule has 2 heterocycles. The Kier molecular flexibility index (Phi) is 45.0. The molecule has 1 aromatic rings.